The van der Waals surface area contributed by atoms with E-state index in [9.17, 15) is 18.4 Å². The summed E-state index contributed by atoms with van der Waals surface area (Å²) in [4.78, 5) is 33.1. The van der Waals surface area contributed by atoms with Crippen molar-refractivity contribution in [1.82, 2.24) is 20.2 Å². The van der Waals surface area contributed by atoms with Gasteiger partial charge < -0.3 is 30.0 Å². The quantitative estimate of drug-likeness (QED) is 0.517. The smallest absolute Gasteiger partial charge is 0.319 e. The summed E-state index contributed by atoms with van der Waals surface area (Å²) in [5.41, 5.74) is 0.245. The predicted octanol–water partition coefficient (Wildman–Crippen LogP) is 3.66. The Balaban J connectivity index is 1.44. The van der Waals surface area contributed by atoms with Crippen molar-refractivity contribution in [3.63, 3.8) is 0 Å². The Hall–Kier alpha value is -3.44. The molecule has 1 aliphatic rings. The fourth-order valence-electron chi connectivity index (χ4n) is 3.40. The number of carbonyl (C=O) groups is 2. The molecule has 174 valence electrons. The molecule has 3 aromatic rings. The molecule has 1 fully saturated rings. The molecule has 4 rings (SSSR count). The zero-order valence-corrected chi connectivity index (χ0v) is 18.2. The van der Waals surface area contributed by atoms with E-state index in [1.807, 2.05) is 0 Å². The standard InChI is InChI=1S/C21H20ClF2N5O4/c1-11(20(30)29-4-6-32-7-5-29)27-21(31)28-12-8-14(23)18(15(24)9-12)33-16-2-3-25-19-17(16)13(22)10-26-19/h2-3,8-11H,4-7H2,1H3,(H,25,26)(H2,27,28,31). The van der Waals surface area contributed by atoms with Gasteiger partial charge in [-0.05, 0) is 13.0 Å². The Kier molecular flexibility index (Phi) is 6.61. The molecule has 0 spiro atoms. The van der Waals surface area contributed by atoms with Crippen molar-refractivity contribution in [2.24, 2.45) is 0 Å². The van der Waals surface area contributed by atoms with Crippen LogP contribution in [-0.2, 0) is 9.53 Å². The average molecular weight is 480 g/mol. The number of aromatic amines is 1. The summed E-state index contributed by atoms with van der Waals surface area (Å²) in [5.74, 6) is -2.92. The third-order valence-electron chi connectivity index (χ3n) is 5.00. The summed E-state index contributed by atoms with van der Waals surface area (Å²) in [7, 11) is 0. The van der Waals surface area contributed by atoms with Gasteiger partial charge in [0.1, 0.15) is 17.4 Å². The summed E-state index contributed by atoms with van der Waals surface area (Å²) in [5, 5.41) is 5.44. The number of pyridine rings is 1. The van der Waals surface area contributed by atoms with Gasteiger partial charge in [0, 0.05) is 43.3 Å². The van der Waals surface area contributed by atoms with Gasteiger partial charge in [-0.15, -0.1) is 0 Å². The topological polar surface area (TPSA) is 109 Å². The van der Waals surface area contributed by atoms with Crippen LogP contribution in [0.5, 0.6) is 11.5 Å². The number of fused-ring (bicyclic) bond motifs is 1. The van der Waals surface area contributed by atoms with Crippen LogP contribution in [0.3, 0.4) is 0 Å². The maximum Gasteiger partial charge on any atom is 0.319 e. The molecule has 0 aliphatic carbocycles. The first-order valence-electron chi connectivity index (χ1n) is 10.1. The van der Waals surface area contributed by atoms with E-state index in [0.717, 1.165) is 12.1 Å². The number of H-pyrrole nitrogens is 1. The Labute approximate surface area is 192 Å². The number of halogens is 3. The summed E-state index contributed by atoms with van der Waals surface area (Å²) in [6, 6.07) is 1.62. The fraction of sp³-hybridized carbons (Fsp3) is 0.286. The van der Waals surface area contributed by atoms with Gasteiger partial charge in [-0.2, -0.15) is 0 Å². The van der Waals surface area contributed by atoms with Gasteiger partial charge in [0.05, 0.1) is 23.6 Å². The van der Waals surface area contributed by atoms with Gasteiger partial charge >= 0.3 is 6.03 Å². The zero-order chi connectivity index (χ0) is 23.5. The van der Waals surface area contributed by atoms with Crippen LogP contribution in [0.15, 0.2) is 30.6 Å². The molecule has 33 heavy (non-hydrogen) atoms. The van der Waals surface area contributed by atoms with E-state index in [1.165, 1.54) is 25.4 Å². The molecule has 3 N–H and O–H groups in total. The number of amides is 3. The highest BCUT2D eigenvalue weighted by molar-refractivity contribution is 6.36. The normalized spacial score (nSPS) is 14.7. The Morgan fingerprint density at radius 1 is 1.27 bits per heavy atom. The lowest BCUT2D eigenvalue weighted by Crippen LogP contribution is -2.51. The average Bonchev–Trinajstić information content (AvgIpc) is 3.18. The van der Waals surface area contributed by atoms with Crippen molar-refractivity contribution in [3.8, 4) is 11.5 Å². The predicted molar refractivity (Wildman–Crippen MR) is 117 cm³/mol. The number of hydrogen-bond donors (Lipinski definition) is 3. The third-order valence-corrected chi connectivity index (χ3v) is 5.29. The highest BCUT2D eigenvalue weighted by Crippen LogP contribution is 2.36. The maximum atomic E-state index is 14.6. The first-order chi connectivity index (χ1) is 15.8. The van der Waals surface area contributed by atoms with E-state index in [2.05, 4.69) is 20.6 Å². The van der Waals surface area contributed by atoms with Crippen molar-refractivity contribution in [3.05, 3.63) is 47.2 Å². The number of anilines is 1. The van der Waals surface area contributed by atoms with Crippen LogP contribution >= 0.6 is 11.6 Å². The highest BCUT2D eigenvalue weighted by Gasteiger charge is 2.24. The van der Waals surface area contributed by atoms with Crippen LogP contribution < -0.4 is 15.4 Å². The van der Waals surface area contributed by atoms with Gasteiger partial charge in [-0.1, -0.05) is 11.6 Å². The number of nitrogens with one attached hydrogen (secondary N) is 3. The van der Waals surface area contributed by atoms with E-state index in [0.29, 0.717) is 37.3 Å². The Morgan fingerprint density at radius 3 is 2.67 bits per heavy atom. The molecule has 12 heteroatoms. The first-order valence-corrected chi connectivity index (χ1v) is 10.4. The van der Waals surface area contributed by atoms with E-state index < -0.39 is 29.5 Å². The van der Waals surface area contributed by atoms with Crippen molar-refractivity contribution in [2.45, 2.75) is 13.0 Å². The van der Waals surface area contributed by atoms with Crippen molar-refractivity contribution in [2.75, 3.05) is 31.6 Å². The lowest BCUT2D eigenvalue weighted by molar-refractivity contribution is -0.136. The molecule has 2 aromatic heterocycles. The van der Waals surface area contributed by atoms with Crippen LogP contribution in [0.4, 0.5) is 19.3 Å². The second-order valence-electron chi connectivity index (χ2n) is 7.30. The number of urea groups is 1. The zero-order valence-electron chi connectivity index (χ0n) is 17.5. The molecule has 0 radical (unpaired) electrons. The largest absolute Gasteiger partial charge is 0.450 e. The Morgan fingerprint density at radius 2 is 1.97 bits per heavy atom. The third kappa shape index (κ3) is 4.99. The monoisotopic (exact) mass is 479 g/mol. The number of nitrogens with zero attached hydrogens (tertiary/aromatic N) is 2. The Bertz CT molecular complexity index is 1180. The summed E-state index contributed by atoms with van der Waals surface area (Å²) < 4.78 is 39.9. The second-order valence-corrected chi connectivity index (χ2v) is 7.71. The molecular formula is C21H20ClF2N5O4. The number of hydrogen-bond acceptors (Lipinski definition) is 5. The van der Waals surface area contributed by atoms with E-state index >= 15 is 0 Å². The number of morpholine rings is 1. The fourth-order valence-corrected chi connectivity index (χ4v) is 3.63. The van der Waals surface area contributed by atoms with E-state index in [4.69, 9.17) is 21.1 Å². The minimum absolute atomic E-state index is 0.109. The highest BCUT2D eigenvalue weighted by atomic mass is 35.5. The SMILES string of the molecule is CC(NC(=O)Nc1cc(F)c(Oc2ccnc3[nH]cc(Cl)c23)c(F)c1)C(=O)N1CCOCC1. The van der Waals surface area contributed by atoms with E-state index in [-0.39, 0.29) is 22.4 Å². The van der Waals surface area contributed by atoms with Crippen LogP contribution in [0.1, 0.15) is 6.92 Å². The lowest BCUT2D eigenvalue weighted by Gasteiger charge is -2.29. The van der Waals surface area contributed by atoms with Gasteiger partial charge in [0.15, 0.2) is 17.4 Å². The van der Waals surface area contributed by atoms with Gasteiger partial charge in [0.25, 0.3) is 0 Å². The van der Waals surface area contributed by atoms with Crippen LogP contribution in [0, 0.1) is 11.6 Å². The first kappa shape index (κ1) is 22.7. The summed E-state index contributed by atoms with van der Waals surface area (Å²) in [6.45, 7) is 3.25. The van der Waals surface area contributed by atoms with Crippen molar-refractivity contribution >= 4 is 40.3 Å². The number of rotatable bonds is 5. The summed E-state index contributed by atoms with van der Waals surface area (Å²) in [6.07, 6.45) is 2.88. The molecule has 1 unspecified atom stereocenters. The van der Waals surface area contributed by atoms with Crippen LogP contribution in [0.25, 0.3) is 11.0 Å². The number of aromatic nitrogens is 2. The minimum atomic E-state index is -1.04. The molecule has 1 saturated heterocycles. The molecule has 9 nitrogen and oxygen atoms in total. The molecule has 1 atom stereocenters. The lowest BCUT2D eigenvalue weighted by atomic mass is 10.2. The summed E-state index contributed by atoms with van der Waals surface area (Å²) >= 11 is 6.09. The van der Waals surface area contributed by atoms with Gasteiger partial charge in [-0.25, -0.2) is 18.6 Å². The van der Waals surface area contributed by atoms with Crippen molar-refractivity contribution < 1.29 is 27.8 Å². The number of benzene rings is 1. The molecule has 1 aliphatic heterocycles. The van der Waals surface area contributed by atoms with Crippen LogP contribution in [0.2, 0.25) is 5.02 Å². The van der Waals surface area contributed by atoms with Gasteiger partial charge in [0.2, 0.25) is 5.91 Å². The molecule has 1 aromatic carbocycles. The van der Waals surface area contributed by atoms with Crippen LogP contribution in [-0.4, -0.2) is 59.2 Å². The van der Waals surface area contributed by atoms with Gasteiger partial charge in [-0.3, -0.25) is 4.79 Å². The molecule has 3 heterocycles. The molecule has 3 amide bonds. The number of carbonyl (C=O) groups excluding carboxylic acids is 2. The maximum absolute atomic E-state index is 14.6. The molecule has 0 saturated carbocycles. The molecular weight excluding hydrogens is 460 g/mol. The van der Waals surface area contributed by atoms with E-state index in [1.54, 1.807) is 4.90 Å². The number of ether oxygens (including phenoxy) is 2. The molecule has 0 bridgehead atoms. The van der Waals surface area contributed by atoms with Crippen molar-refractivity contribution in [1.29, 1.82) is 0 Å². The minimum Gasteiger partial charge on any atom is -0.450 e. The second kappa shape index (κ2) is 9.59.